The number of nitrogens with zero attached hydrogens (tertiary/aromatic N) is 1. The lowest BCUT2D eigenvalue weighted by Gasteiger charge is -2.30. The van der Waals surface area contributed by atoms with Gasteiger partial charge in [-0.2, -0.15) is 0 Å². The van der Waals surface area contributed by atoms with Crippen LogP contribution in [0.15, 0.2) is 0 Å². The van der Waals surface area contributed by atoms with E-state index in [1.807, 2.05) is 11.8 Å². The summed E-state index contributed by atoms with van der Waals surface area (Å²) >= 11 is 0. The Labute approximate surface area is 79.7 Å². The van der Waals surface area contributed by atoms with Gasteiger partial charge >= 0.3 is 0 Å². The first-order valence-corrected chi connectivity index (χ1v) is 4.25. The van der Waals surface area contributed by atoms with Gasteiger partial charge in [-0.3, -0.25) is 4.79 Å². The van der Waals surface area contributed by atoms with Gasteiger partial charge in [0.2, 0.25) is 5.91 Å². The van der Waals surface area contributed by atoms with Crippen molar-refractivity contribution in [1.82, 2.24) is 4.90 Å². The second-order valence-corrected chi connectivity index (χ2v) is 3.07. The van der Waals surface area contributed by atoms with Gasteiger partial charge in [-0.25, -0.2) is 0 Å². The predicted molar refractivity (Wildman–Crippen MR) is 51.3 cm³/mol. The molecule has 1 aliphatic rings. The quantitative estimate of drug-likeness (QED) is 0.698. The van der Waals surface area contributed by atoms with Crippen LogP contribution in [0.4, 0.5) is 0 Å². The minimum absolute atomic E-state index is 0. The number of nitrogens with two attached hydrogens (primary N) is 1. The van der Waals surface area contributed by atoms with E-state index in [0.29, 0.717) is 18.9 Å². The first kappa shape index (κ1) is 11.7. The van der Waals surface area contributed by atoms with E-state index in [1.54, 1.807) is 0 Å². The highest BCUT2D eigenvalue weighted by molar-refractivity contribution is 5.85. The van der Waals surface area contributed by atoms with E-state index >= 15 is 0 Å². The Hall–Kier alpha value is -0.280. The van der Waals surface area contributed by atoms with Crippen LogP contribution in [-0.4, -0.2) is 30.4 Å². The highest BCUT2D eigenvalue weighted by atomic mass is 35.5. The summed E-state index contributed by atoms with van der Waals surface area (Å²) in [5.41, 5.74) is 5.48. The van der Waals surface area contributed by atoms with Crippen molar-refractivity contribution in [1.29, 1.82) is 0 Å². The average Bonchev–Trinajstić information content (AvgIpc) is 2.04. The molecule has 1 heterocycles. The summed E-state index contributed by atoms with van der Waals surface area (Å²) in [7, 11) is 0. The van der Waals surface area contributed by atoms with Crippen molar-refractivity contribution in [3.05, 3.63) is 0 Å². The molecule has 2 N–H and O–H groups in total. The summed E-state index contributed by atoms with van der Waals surface area (Å²) < 4.78 is 0. The van der Waals surface area contributed by atoms with Crippen LogP contribution in [0.2, 0.25) is 0 Å². The van der Waals surface area contributed by atoms with Crippen molar-refractivity contribution in [2.24, 2.45) is 11.7 Å². The summed E-state index contributed by atoms with van der Waals surface area (Å²) in [5, 5.41) is 0. The summed E-state index contributed by atoms with van der Waals surface area (Å²) in [4.78, 5) is 13.2. The molecule has 1 amide bonds. The fraction of sp³-hybridized carbons (Fsp3) is 0.875. The highest BCUT2D eigenvalue weighted by Gasteiger charge is 2.23. The molecular weight excluding hydrogens is 176 g/mol. The molecule has 1 atom stereocenters. The SMILES string of the molecule is CCN1CCC(CN)CC1=O.Cl. The number of hydrogen-bond donors (Lipinski definition) is 1. The second kappa shape index (κ2) is 5.38. The highest BCUT2D eigenvalue weighted by Crippen LogP contribution is 2.16. The molecule has 0 aliphatic carbocycles. The third-order valence-corrected chi connectivity index (χ3v) is 2.34. The molecule has 3 nitrogen and oxygen atoms in total. The fourth-order valence-corrected chi connectivity index (χ4v) is 1.48. The van der Waals surface area contributed by atoms with Gasteiger partial charge in [0.15, 0.2) is 0 Å². The Morgan fingerprint density at radius 2 is 2.33 bits per heavy atom. The van der Waals surface area contributed by atoms with Gasteiger partial charge in [0, 0.05) is 19.5 Å². The molecule has 1 fully saturated rings. The minimum atomic E-state index is 0. The Morgan fingerprint density at radius 3 is 2.75 bits per heavy atom. The second-order valence-electron chi connectivity index (χ2n) is 3.07. The number of piperidine rings is 1. The van der Waals surface area contributed by atoms with Crippen molar-refractivity contribution in [2.45, 2.75) is 19.8 Å². The van der Waals surface area contributed by atoms with Gasteiger partial charge in [-0.1, -0.05) is 0 Å². The van der Waals surface area contributed by atoms with Crippen molar-refractivity contribution in [3.63, 3.8) is 0 Å². The molecule has 0 spiro atoms. The van der Waals surface area contributed by atoms with Gasteiger partial charge in [0.05, 0.1) is 0 Å². The lowest BCUT2D eigenvalue weighted by Crippen LogP contribution is -2.40. The Morgan fingerprint density at radius 1 is 1.67 bits per heavy atom. The summed E-state index contributed by atoms with van der Waals surface area (Å²) in [5.74, 6) is 0.708. The molecule has 0 aromatic rings. The maximum absolute atomic E-state index is 11.3. The molecule has 0 radical (unpaired) electrons. The van der Waals surface area contributed by atoms with Crippen molar-refractivity contribution >= 4 is 18.3 Å². The lowest BCUT2D eigenvalue weighted by molar-refractivity contribution is -0.134. The molecule has 1 rings (SSSR count). The number of hydrogen-bond acceptors (Lipinski definition) is 2. The zero-order valence-corrected chi connectivity index (χ0v) is 8.27. The number of rotatable bonds is 2. The molecular formula is C8H17ClN2O. The van der Waals surface area contributed by atoms with Crippen molar-refractivity contribution < 1.29 is 4.79 Å². The van der Waals surface area contributed by atoms with Crippen LogP contribution in [-0.2, 0) is 4.79 Å². The molecule has 12 heavy (non-hydrogen) atoms. The summed E-state index contributed by atoms with van der Waals surface area (Å²) in [6.45, 7) is 4.41. The van der Waals surface area contributed by atoms with Crippen LogP contribution in [0.5, 0.6) is 0 Å². The molecule has 0 saturated carbocycles. The number of halogens is 1. The van der Waals surface area contributed by atoms with Crippen LogP contribution in [0.3, 0.4) is 0 Å². The topological polar surface area (TPSA) is 46.3 Å². The van der Waals surface area contributed by atoms with Crippen LogP contribution in [0, 0.1) is 5.92 Å². The van der Waals surface area contributed by atoms with Gasteiger partial charge in [-0.05, 0) is 25.8 Å². The normalized spacial score (nSPS) is 23.7. The molecule has 0 bridgehead atoms. The fourth-order valence-electron chi connectivity index (χ4n) is 1.48. The van der Waals surface area contributed by atoms with Crippen LogP contribution in [0.1, 0.15) is 19.8 Å². The van der Waals surface area contributed by atoms with Crippen molar-refractivity contribution in [2.75, 3.05) is 19.6 Å². The first-order valence-electron chi connectivity index (χ1n) is 4.25. The summed E-state index contributed by atoms with van der Waals surface area (Å²) in [6, 6.07) is 0. The maximum Gasteiger partial charge on any atom is 0.222 e. The minimum Gasteiger partial charge on any atom is -0.343 e. The number of likely N-dealkylation sites (tertiary alicyclic amines) is 1. The van der Waals surface area contributed by atoms with Crippen LogP contribution in [0.25, 0.3) is 0 Å². The lowest BCUT2D eigenvalue weighted by atomic mass is 9.97. The molecule has 0 aromatic carbocycles. The van der Waals surface area contributed by atoms with E-state index in [1.165, 1.54) is 0 Å². The Balaban J connectivity index is 0.00000121. The predicted octanol–water partition coefficient (Wildman–Crippen LogP) is 0.625. The van der Waals surface area contributed by atoms with Gasteiger partial charge in [0.25, 0.3) is 0 Å². The summed E-state index contributed by atoms with van der Waals surface area (Å²) in [6.07, 6.45) is 1.74. The molecule has 4 heteroatoms. The molecule has 1 aliphatic heterocycles. The van der Waals surface area contributed by atoms with E-state index in [-0.39, 0.29) is 18.3 Å². The van der Waals surface area contributed by atoms with Crippen molar-refractivity contribution in [3.8, 4) is 0 Å². The first-order chi connectivity index (χ1) is 5.27. The molecule has 0 aromatic heterocycles. The standard InChI is InChI=1S/C8H16N2O.ClH/c1-2-10-4-3-7(6-9)5-8(10)11;/h7H,2-6,9H2,1H3;1H. The van der Waals surface area contributed by atoms with Gasteiger partial charge in [-0.15, -0.1) is 12.4 Å². The Kier molecular flexibility index (Phi) is 5.25. The largest absolute Gasteiger partial charge is 0.343 e. The zero-order chi connectivity index (χ0) is 8.27. The van der Waals surface area contributed by atoms with E-state index in [4.69, 9.17) is 5.73 Å². The van der Waals surface area contributed by atoms with Crippen LogP contribution >= 0.6 is 12.4 Å². The maximum atomic E-state index is 11.3. The smallest absolute Gasteiger partial charge is 0.222 e. The number of amides is 1. The van der Waals surface area contributed by atoms with E-state index in [0.717, 1.165) is 19.5 Å². The molecule has 1 unspecified atom stereocenters. The zero-order valence-electron chi connectivity index (χ0n) is 7.45. The third-order valence-electron chi connectivity index (χ3n) is 2.34. The Bertz CT molecular complexity index is 152. The van der Waals surface area contributed by atoms with E-state index in [2.05, 4.69) is 0 Å². The number of carbonyl (C=O) groups is 1. The van der Waals surface area contributed by atoms with Crippen LogP contribution < -0.4 is 5.73 Å². The number of carbonyl (C=O) groups excluding carboxylic acids is 1. The average molecular weight is 193 g/mol. The van der Waals surface area contributed by atoms with Gasteiger partial charge in [0.1, 0.15) is 0 Å². The van der Waals surface area contributed by atoms with Gasteiger partial charge < -0.3 is 10.6 Å². The molecule has 1 saturated heterocycles. The van der Waals surface area contributed by atoms with E-state index < -0.39 is 0 Å². The molecule has 72 valence electrons. The third kappa shape index (κ3) is 2.64. The van der Waals surface area contributed by atoms with E-state index in [9.17, 15) is 4.79 Å². The monoisotopic (exact) mass is 192 g/mol.